The average Bonchev–Trinajstić information content (AvgIpc) is 2.35. The van der Waals surface area contributed by atoms with E-state index >= 15 is 0 Å². The van der Waals surface area contributed by atoms with Crippen LogP contribution in [-0.4, -0.2) is 29.5 Å². The first-order chi connectivity index (χ1) is 9.02. The first kappa shape index (κ1) is 13.8. The Bertz CT molecular complexity index is 519. The number of hydrogen-bond acceptors (Lipinski definition) is 5. The lowest BCUT2D eigenvalue weighted by Gasteiger charge is -2.34. The number of nitrogens with zero attached hydrogens (tertiary/aromatic N) is 1. The molecule has 0 bridgehead atoms. The average molecular weight is 286 g/mol. The number of carbonyl (C=O) groups excluding carboxylic acids is 1. The van der Waals surface area contributed by atoms with Crippen LogP contribution in [0, 0.1) is 10.1 Å². The van der Waals surface area contributed by atoms with Crippen molar-refractivity contribution < 1.29 is 19.2 Å². The number of carbonyl (C=O) groups is 1. The van der Waals surface area contributed by atoms with Crippen LogP contribution in [-0.2, 0) is 9.53 Å². The minimum Gasteiger partial charge on any atom is -0.487 e. The number of benzene rings is 1. The van der Waals surface area contributed by atoms with Crippen molar-refractivity contribution in [1.29, 1.82) is 0 Å². The zero-order valence-corrected chi connectivity index (χ0v) is 10.9. The molecule has 1 aromatic carbocycles. The highest BCUT2D eigenvalue weighted by Crippen LogP contribution is 2.31. The van der Waals surface area contributed by atoms with Gasteiger partial charge in [0, 0.05) is 25.2 Å². The van der Waals surface area contributed by atoms with E-state index in [-0.39, 0.29) is 29.0 Å². The Morgan fingerprint density at radius 3 is 2.79 bits per heavy atom. The van der Waals surface area contributed by atoms with Gasteiger partial charge < -0.3 is 9.47 Å². The van der Waals surface area contributed by atoms with Gasteiger partial charge in [0.1, 0.15) is 16.9 Å². The highest BCUT2D eigenvalue weighted by atomic mass is 35.5. The fraction of sp³-hybridized carbons (Fsp3) is 0.417. The molecule has 0 aromatic heterocycles. The van der Waals surface area contributed by atoms with Crippen LogP contribution in [0.5, 0.6) is 5.75 Å². The largest absolute Gasteiger partial charge is 0.487 e. The summed E-state index contributed by atoms with van der Waals surface area (Å²) in [6.07, 6.45) is -0.636. The van der Waals surface area contributed by atoms with Gasteiger partial charge in [-0.25, -0.2) is 0 Å². The molecule has 0 aliphatic heterocycles. The number of Topliss-reactive ketones (excluding diaryl/α,β-unsaturated/α-hetero) is 1. The first-order valence-corrected chi connectivity index (χ1v) is 6.15. The summed E-state index contributed by atoms with van der Waals surface area (Å²) in [6.45, 7) is 2.22. The minimum absolute atomic E-state index is 0.000131. The van der Waals surface area contributed by atoms with Crippen molar-refractivity contribution >= 4 is 23.1 Å². The predicted octanol–water partition coefficient (Wildman–Crippen LogP) is 2.37. The fourth-order valence-electron chi connectivity index (χ4n) is 1.84. The van der Waals surface area contributed by atoms with Crippen molar-refractivity contribution in [3.05, 3.63) is 33.3 Å². The van der Waals surface area contributed by atoms with E-state index in [2.05, 4.69) is 0 Å². The summed E-state index contributed by atoms with van der Waals surface area (Å²) < 4.78 is 10.8. The lowest BCUT2D eigenvalue weighted by atomic mass is 9.90. The van der Waals surface area contributed by atoms with Gasteiger partial charge in [-0.1, -0.05) is 11.6 Å². The minimum atomic E-state index is -0.567. The Hall–Kier alpha value is -1.66. The predicted molar refractivity (Wildman–Crippen MR) is 67.6 cm³/mol. The lowest BCUT2D eigenvalue weighted by molar-refractivity contribution is -0.384. The van der Waals surface area contributed by atoms with E-state index in [0.717, 1.165) is 0 Å². The number of halogens is 1. The van der Waals surface area contributed by atoms with E-state index < -0.39 is 11.0 Å². The molecule has 0 radical (unpaired) electrons. The molecular formula is C12H12ClNO5. The molecule has 1 saturated carbocycles. The maximum absolute atomic E-state index is 11.3. The van der Waals surface area contributed by atoms with Crippen molar-refractivity contribution in [1.82, 2.24) is 0 Å². The molecule has 19 heavy (non-hydrogen) atoms. The molecule has 1 aliphatic rings. The molecule has 2 unspecified atom stereocenters. The first-order valence-electron chi connectivity index (χ1n) is 5.78. The van der Waals surface area contributed by atoms with Crippen LogP contribution in [0.2, 0.25) is 5.02 Å². The second-order valence-electron chi connectivity index (χ2n) is 4.07. The Kier molecular flexibility index (Phi) is 4.01. The number of ketones is 1. The van der Waals surface area contributed by atoms with Crippen molar-refractivity contribution in [3.63, 3.8) is 0 Å². The number of nitro benzene ring substituents is 1. The van der Waals surface area contributed by atoms with Crippen LogP contribution in [0.4, 0.5) is 5.69 Å². The highest BCUT2D eigenvalue weighted by Gasteiger charge is 2.42. The van der Waals surface area contributed by atoms with Gasteiger partial charge in [0.15, 0.2) is 11.9 Å². The van der Waals surface area contributed by atoms with Crippen LogP contribution < -0.4 is 4.74 Å². The van der Waals surface area contributed by atoms with Gasteiger partial charge in [-0.15, -0.1) is 0 Å². The Morgan fingerprint density at radius 1 is 1.53 bits per heavy atom. The van der Waals surface area contributed by atoms with E-state index in [1.165, 1.54) is 18.2 Å². The SMILES string of the molecule is CCOC1C(=O)CC1Oc1ccc([N+](=O)[O-])c(Cl)c1. The van der Waals surface area contributed by atoms with Crippen LogP contribution in [0.25, 0.3) is 0 Å². The molecule has 0 amide bonds. The van der Waals surface area contributed by atoms with E-state index in [1.807, 2.05) is 0 Å². The number of nitro groups is 1. The Balaban J connectivity index is 2.06. The second kappa shape index (κ2) is 5.54. The quantitative estimate of drug-likeness (QED) is 0.613. The Labute approximate surface area is 114 Å². The molecule has 2 rings (SSSR count). The van der Waals surface area contributed by atoms with E-state index in [4.69, 9.17) is 21.1 Å². The van der Waals surface area contributed by atoms with Gasteiger partial charge >= 0.3 is 0 Å². The summed E-state index contributed by atoms with van der Waals surface area (Å²) in [7, 11) is 0. The highest BCUT2D eigenvalue weighted by molar-refractivity contribution is 6.32. The van der Waals surface area contributed by atoms with Gasteiger partial charge in [-0.2, -0.15) is 0 Å². The molecule has 7 heteroatoms. The molecule has 1 aromatic rings. The molecule has 2 atom stereocenters. The topological polar surface area (TPSA) is 78.7 Å². The number of ether oxygens (including phenoxy) is 2. The lowest BCUT2D eigenvalue weighted by Crippen LogP contribution is -2.52. The summed E-state index contributed by atoms with van der Waals surface area (Å²) in [5, 5.41) is 10.6. The van der Waals surface area contributed by atoms with Crippen molar-refractivity contribution in [2.45, 2.75) is 25.6 Å². The Morgan fingerprint density at radius 2 is 2.26 bits per heavy atom. The van der Waals surface area contributed by atoms with Gasteiger partial charge in [0.05, 0.1) is 4.92 Å². The van der Waals surface area contributed by atoms with E-state index in [9.17, 15) is 14.9 Å². The molecular weight excluding hydrogens is 274 g/mol. The number of hydrogen-bond donors (Lipinski definition) is 0. The second-order valence-corrected chi connectivity index (χ2v) is 4.48. The normalized spacial score (nSPS) is 21.9. The van der Waals surface area contributed by atoms with Crippen LogP contribution >= 0.6 is 11.6 Å². The zero-order chi connectivity index (χ0) is 14.0. The molecule has 1 fully saturated rings. The fourth-order valence-corrected chi connectivity index (χ4v) is 2.07. The van der Waals surface area contributed by atoms with Crippen molar-refractivity contribution in [3.8, 4) is 5.75 Å². The van der Waals surface area contributed by atoms with E-state index in [1.54, 1.807) is 6.92 Å². The number of rotatable bonds is 5. The molecule has 1 aliphatic carbocycles. The smallest absolute Gasteiger partial charge is 0.288 e. The molecule has 0 spiro atoms. The maximum Gasteiger partial charge on any atom is 0.288 e. The van der Waals surface area contributed by atoms with Gasteiger partial charge in [-0.3, -0.25) is 14.9 Å². The standard InChI is InChI=1S/C12H12ClNO5/c1-2-18-12-10(15)6-11(12)19-7-3-4-9(14(16)17)8(13)5-7/h3-5,11-12H,2,6H2,1H3. The van der Waals surface area contributed by atoms with Crippen LogP contribution in [0.1, 0.15) is 13.3 Å². The third kappa shape index (κ3) is 2.85. The third-order valence-electron chi connectivity index (χ3n) is 2.81. The zero-order valence-electron chi connectivity index (χ0n) is 10.2. The summed E-state index contributed by atoms with van der Waals surface area (Å²) >= 11 is 5.78. The third-order valence-corrected chi connectivity index (χ3v) is 3.11. The van der Waals surface area contributed by atoms with Gasteiger partial charge in [-0.05, 0) is 13.0 Å². The summed E-state index contributed by atoms with van der Waals surface area (Å²) in [6, 6.07) is 4.09. The summed E-state index contributed by atoms with van der Waals surface area (Å²) in [5.74, 6) is 0.387. The molecule has 0 saturated heterocycles. The molecule has 102 valence electrons. The van der Waals surface area contributed by atoms with Crippen molar-refractivity contribution in [2.75, 3.05) is 6.61 Å². The maximum atomic E-state index is 11.3. The van der Waals surface area contributed by atoms with Crippen molar-refractivity contribution in [2.24, 2.45) is 0 Å². The summed E-state index contributed by atoms with van der Waals surface area (Å²) in [5.41, 5.74) is -0.180. The molecule has 6 nitrogen and oxygen atoms in total. The molecule has 0 heterocycles. The van der Waals surface area contributed by atoms with Crippen LogP contribution in [0.15, 0.2) is 18.2 Å². The van der Waals surface area contributed by atoms with E-state index in [0.29, 0.717) is 12.4 Å². The van der Waals surface area contributed by atoms with Gasteiger partial charge in [0.2, 0.25) is 0 Å². The summed E-state index contributed by atoms with van der Waals surface area (Å²) in [4.78, 5) is 21.4. The molecule has 0 N–H and O–H groups in total. The van der Waals surface area contributed by atoms with Crippen LogP contribution in [0.3, 0.4) is 0 Å². The van der Waals surface area contributed by atoms with Gasteiger partial charge in [0.25, 0.3) is 5.69 Å². The monoisotopic (exact) mass is 285 g/mol.